The zero-order valence-corrected chi connectivity index (χ0v) is 20.4. The van der Waals surface area contributed by atoms with Gasteiger partial charge in [0.25, 0.3) is 11.8 Å². The van der Waals surface area contributed by atoms with Gasteiger partial charge in [-0.1, -0.05) is 18.2 Å². The van der Waals surface area contributed by atoms with E-state index >= 15 is 0 Å². The molecule has 9 heteroatoms. The number of hydrogen-bond donors (Lipinski definition) is 1. The Balaban J connectivity index is 1.48. The third-order valence-electron chi connectivity index (χ3n) is 5.62. The molecule has 188 valence electrons. The summed E-state index contributed by atoms with van der Waals surface area (Å²) in [5, 5.41) is 2.86. The number of para-hydroxylation sites is 1. The third-order valence-corrected chi connectivity index (χ3v) is 5.62. The maximum absolute atomic E-state index is 13.0. The second-order valence-corrected chi connectivity index (χ2v) is 7.90. The van der Waals surface area contributed by atoms with E-state index in [1.807, 2.05) is 30.3 Å². The molecule has 3 aromatic carbocycles. The van der Waals surface area contributed by atoms with E-state index in [1.165, 1.54) is 21.3 Å². The van der Waals surface area contributed by atoms with Crippen LogP contribution in [0.2, 0.25) is 0 Å². The van der Waals surface area contributed by atoms with E-state index in [1.54, 1.807) is 35.2 Å². The van der Waals surface area contributed by atoms with Crippen LogP contribution in [0.1, 0.15) is 16.8 Å². The van der Waals surface area contributed by atoms with Gasteiger partial charge in [0.2, 0.25) is 5.75 Å². The Morgan fingerprint density at radius 3 is 2.36 bits per heavy atom. The van der Waals surface area contributed by atoms with Gasteiger partial charge in [0, 0.05) is 17.8 Å². The van der Waals surface area contributed by atoms with Crippen molar-refractivity contribution in [2.45, 2.75) is 6.42 Å². The molecule has 4 rings (SSSR count). The van der Waals surface area contributed by atoms with Crippen LogP contribution >= 0.6 is 0 Å². The summed E-state index contributed by atoms with van der Waals surface area (Å²) in [5.41, 5.74) is 1.43. The van der Waals surface area contributed by atoms with E-state index in [0.717, 1.165) is 5.75 Å². The van der Waals surface area contributed by atoms with Crippen molar-refractivity contribution in [1.29, 1.82) is 0 Å². The molecular formula is C27H28N2O7. The summed E-state index contributed by atoms with van der Waals surface area (Å²) < 4.78 is 27.3. The van der Waals surface area contributed by atoms with Gasteiger partial charge >= 0.3 is 0 Å². The topological polar surface area (TPSA) is 95.6 Å². The van der Waals surface area contributed by atoms with Gasteiger partial charge < -0.3 is 33.9 Å². The van der Waals surface area contributed by atoms with Gasteiger partial charge in [-0.15, -0.1) is 0 Å². The highest BCUT2D eigenvalue weighted by Gasteiger charge is 2.26. The van der Waals surface area contributed by atoms with Crippen molar-refractivity contribution >= 4 is 23.2 Å². The molecule has 0 aliphatic carbocycles. The maximum Gasteiger partial charge on any atom is 0.265 e. The molecule has 1 heterocycles. The smallest absolute Gasteiger partial charge is 0.265 e. The Labute approximate surface area is 209 Å². The Bertz CT molecular complexity index is 1210. The first kappa shape index (κ1) is 24.7. The first-order valence-electron chi connectivity index (χ1n) is 11.4. The van der Waals surface area contributed by atoms with E-state index in [0.29, 0.717) is 59.5 Å². The highest BCUT2D eigenvalue weighted by atomic mass is 16.5. The second-order valence-electron chi connectivity index (χ2n) is 7.90. The number of methoxy groups -OCH3 is 3. The summed E-state index contributed by atoms with van der Waals surface area (Å²) in [6.07, 6.45) is 0.627. The number of benzene rings is 3. The van der Waals surface area contributed by atoms with Crippen LogP contribution < -0.4 is 33.9 Å². The molecule has 3 aromatic rings. The van der Waals surface area contributed by atoms with E-state index in [9.17, 15) is 9.59 Å². The summed E-state index contributed by atoms with van der Waals surface area (Å²) >= 11 is 0. The van der Waals surface area contributed by atoms with Crippen LogP contribution in [0.5, 0.6) is 28.7 Å². The highest BCUT2D eigenvalue weighted by molar-refractivity contribution is 6.06. The molecule has 0 aromatic heterocycles. The lowest BCUT2D eigenvalue weighted by Crippen LogP contribution is -2.39. The predicted molar refractivity (Wildman–Crippen MR) is 135 cm³/mol. The van der Waals surface area contributed by atoms with Crippen LogP contribution in [0.4, 0.5) is 11.4 Å². The quantitative estimate of drug-likeness (QED) is 0.425. The molecule has 1 aliphatic rings. The molecule has 0 radical (unpaired) electrons. The molecule has 0 saturated carbocycles. The molecule has 0 bridgehead atoms. The van der Waals surface area contributed by atoms with Crippen molar-refractivity contribution in [3.05, 3.63) is 66.2 Å². The molecule has 9 nitrogen and oxygen atoms in total. The van der Waals surface area contributed by atoms with Crippen LogP contribution in [-0.2, 0) is 4.79 Å². The monoisotopic (exact) mass is 492 g/mol. The van der Waals surface area contributed by atoms with Crippen LogP contribution in [-0.4, -0.2) is 52.9 Å². The largest absolute Gasteiger partial charge is 0.494 e. The zero-order valence-electron chi connectivity index (χ0n) is 20.4. The number of nitrogens with zero attached hydrogens (tertiary/aromatic N) is 1. The number of anilines is 2. The summed E-state index contributed by atoms with van der Waals surface area (Å²) in [6.45, 7) is 0.873. The van der Waals surface area contributed by atoms with Crippen molar-refractivity contribution < 1.29 is 33.3 Å². The van der Waals surface area contributed by atoms with Crippen LogP contribution in [0.15, 0.2) is 60.7 Å². The average molecular weight is 493 g/mol. The number of nitrogens with one attached hydrogen (secondary N) is 1. The number of carbonyl (C=O) groups excluding carboxylic acids is 2. The van der Waals surface area contributed by atoms with Gasteiger partial charge in [-0.25, -0.2) is 0 Å². The molecule has 36 heavy (non-hydrogen) atoms. The van der Waals surface area contributed by atoms with E-state index in [2.05, 4.69) is 5.32 Å². The Hall–Kier alpha value is -4.40. The normalized spacial score (nSPS) is 12.3. The van der Waals surface area contributed by atoms with E-state index < -0.39 is 0 Å². The third kappa shape index (κ3) is 5.46. The van der Waals surface area contributed by atoms with Crippen molar-refractivity contribution in [3.8, 4) is 28.7 Å². The number of amides is 2. The summed E-state index contributed by atoms with van der Waals surface area (Å²) in [4.78, 5) is 27.3. The van der Waals surface area contributed by atoms with Gasteiger partial charge in [-0.05, 0) is 48.9 Å². The highest BCUT2D eigenvalue weighted by Crippen LogP contribution is 2.39. The van der Waals surface area contributed by atoms with Crippen LogP contribution in [0.25, 0.3) is 0 Å². The predicted octanol–water partition coefficient (Wildman–Crippen LogP) is 4.16. The Morgan fingerprint density at radius 2 is 1.69 bits per heavy atom. The van der Waals surface area contributed by atoms with Gasteiger partial charge in [0.05, 0.1) is 33.6 Å². The number of fused-ring (bicyclic) bond motifs is 1. The summed E-state index contributed by atoms with van der Waals surface area (Å²) in [7, 11) is 4.47. The number of rotatable bonds is 10. The Kier molecular flexibility index (Phi) is 7.79. The van der Waals surface area contributed by atoms with Crippen LogP contribution in [0, 0.1) is 0 Å². The molecule has 1 aliphatic heterocycles. The lowest BCUT2D eigenvalue weighted by molar-refractivity contribution is -0.121. The molecular weight excluding hydrogens is 464 g/mol. The minimum atomic E-state index is -0.375. The zero-order chi connectivity index (χ0) is 25.5. The number of hydrogen-bond acceptors (Lipinski definition) is 7. The maximum atomic E-state index is 13.0. The van der Waals surface area contributed by atoms with Crippen molar-refractivity contribution in [2.75, 3.05) is 51.3 Å². The Morgan fingerprint density at radius 1 is 0.972 bits per heavy atom. The van der Waals surface area contributed by atoms with E-state index in [4.69, 9.17) is 23.7 Å². The van der Waals surface area contributed by atoms with Gasteiger partial charge in [0.15, 0.2) is 18.1 Å². The number of carbonyl (C=O) groups is 2. The lowest BCUT2D eigenvalue weighted by atomic mass is 10.1. The summed E-state index contributed by atoms with van der Waals surface area (Å²) in [5.74, 6) is 1.96. The molecule has 0 fully saturated rings. The van der Waals surface area contributed by atoms with Crippen molar-refractivity contribution in [1.82, 2.24) is 0 Å². The minimum Gasteiger partial charge on any atom is -0.494 e. The standard InChI is InChI=1S/C27H28N2O7/c1-32-23-14-18(15-24(33-2)26(23)34-3)27(31)28-19-10-11-22-21(16-19)29(25(30)17-36-22)12-7-13-35-20-8-5-4-6-9-20/h4-6,8-11,14-16H,7,12-13,17H2,1-3H3,(H,28,31). The molecule has 2 amide bonds. The fourth-order valence-corrected chi connectivity index (χ4v) is 3.87. The van der Waals surface area contributed by atoms with Gasteiger partial charge in [-0.3, -0.25) is 9.59 Å². The number of ether oxygens (including phenoxy) is 5. The van der Waals surface area contributed by atoms with Crippen molar-refractivity contribution in [2.24, 2.45) is 0 Å². The molecule has 0 spiro atoms. The first-order chi connectivity index (χ1) is 17.5. The molecule has 0 unspecified atom stereocenters. The van der Waals surface area contributed by atoms with E-state index in [-0.39, 0.29) is 18.4 Å². The minimum absolute atomic E-state index is 0.0380. The first-order valence-corrected chi connectivity index (χ1v) is 11.4. The van der Waals surface area contributed by atoms with Crippen molar-refractivity contribution in [3.63, 3.8) is 0 Å². The van der Waals surface area contributed by atoms with Crippen LogP contribution in [0.3, 0.4) is 0 Å². The molecule has 0 atom stereocenters. The molecule has 1 N–H and O–H groups in total. The molecule has 0 saturated heterocycles. The fraction of sp³-hybridized carbons (Fsp3) is 0.259. The average Bonchev–Trinajstić information content (AvgIpc) is 2.91. The SMILES string of the molecule is COc1cc(C(=O)Nc2ccc3c(c2)N(CCCOc2ccccc2)C(=O)CO3)cc(OC)c1OC. The van der Waals surface area contributed by atoms with Gasteiger partial charge in [0.1, 0.15) is 11.5 Å². The second kappa shape index (κ2) is 11.4. The fourth-order valence-electron chi connectivity index (χ4n) is 3.87. The lowest BCUT2D eigenvalue weighted by Gasteiger charge is -2.30. The summed E-state index contributed by atoms with van der Waals surface area (Å²) in [6, 6.07) is 17.8. The van der Waals surface area contributed by atoms with Gasteiger partial charge in [-0.2, -0.15) is 0 Å².